The highest BCUT2D eigenvalue weighted by atomic mass is 15.1. The van der Waals surface area contributed by atoms with E-state index in [0.717, 1.165) is 11.8 Å². The molecule has 1 unspecified atom stereocenters. The monoisotopic (exact) mass is 208 g/mol. The lowest BCUT2D eigenvalue weighted by molar-refractivity contribution is 0.298. The van der Waals surface area contributed by atoms with Crippen molar-refractivity contribution >= 4 is 0 Å². The largest absolute Gasteiger partial charge is 0.335 e. The smallest absolute Gasteiger partial charge is 0.109 e. The molecule has 2 rings (SSSR count). The quantitative estimate of drug-likeness (QED) is 0.691. The summed E-state index contributed by atoms with van der Waals surface area (Å²) in [5.74, 6) is 2.93. The van der Waals surface area contributed by atoms with Crippen LogP contribution >= 0.6 is 0 Å². The van der Waals surface area contributed by atoms with Crippen molar-refractivity contribution in [2.24, 2.45) is 11.8 Å². The van der Waals surface area contributed by atoms with Crippen LogP contribution in [0.2, 0.25) is 0 Å². The molecule has 2 heteroatoms. The van der Waals surface area contributed by atoms with Gasteiger partial charge in [0.25, 0.3) is 0 Å². The van der Waals surface area contributed by atoms with Crippen LogP contribution in [-0.4, -0.2) is 9.55 Å². The van der Waals surface area contributed by atoms with Crippen LogP contribution in [0.15, 0.2) is 6.20 Å². The lowest BCUT2D eigenvalue weighted by Crippen LogP contribution is -2.22. The summed E-state index contributed by atoms with van der Waals surface area (Å²) in [7, 11) is 0. The van der Waals surface area contributed by atoms with Gasteiger partial charge in [0.05, 0.1) is 5.69 Å². The Bertz CT molecular complexity index is 299. The Balaban J connectivity index is 0.000000531. The molecule has 1 aromatic heterocycles. The van der Waals surface area contributed by atoms with Crippen molar-refractivity contribution in [1.29, 1.82) is 0 Å². The van der Waals surface area contributed by atoms with Crippen molar-refractivity contribution < 1.29 is 0 Å². The van der Waals surface area contributed by atoms with Gasteiger partial charge in [-0.25, -0.2) is 4.98 Å². The van der Waals surface area contributed by atoms with E-state index in [9.17, 15) is 0 Å². The van der Waals surface area contributed by atoms with Crippen molar-refractivity contribution in [1.82, 2.24) is 9.55 Å². The van der Waals surface area contributed by atoms with Gasteiger partial charge in [0.15, 0.2) is 0 Å². The highest BCUT2D eigenvalue weighted by Gasteiger charge is 2.21. The van der Waals surface area contributed by atoms with E-state index in [4.69, 9.17) is 0 Å². The normalized spacial score (nSPS) is 19.5. The molecular formula is C13H24N2. The van der Waals surface area contributed by atoms with Crippen LogP contribution in [0.3, 0.4) is 0 Å². The SMILES string of the molecule is CC.Cc1cn2c(n1)CC(C(C)C)CC2. The van der Waals surface area contributed by atoms with Crippen LogP contribution in [-0.2, 0) is 13.0 Å². The molecule has 0 aliphatic carbocycles. The van der Waals surface area contributed by atoms with E-state index < -0.39 is 0 Å². The number of hydrogen-bond donors (Lipinski definition) is 0. The third-order valence-corrected chi connectivity index (χ3v) is 3.11. The third kappa shape index (κ3) is 2.83. The van der Waals surface area contributed by atoms with Crippen molar-refractivity contribution in [2.75, 3.05) is 0 Å². The fourth-order valence-electron chi connectivity index (χ4n) is 2.16. The van der Waals surface area contributed by atoms with Gasteiger partial charge in [-0.1, -0.05) is 27.7 Å². The van der Waals surface area contributed by atoms with Crippen molar-refractivity contribution in [3.05, 3.63) is 17.7 Å². The second-order valence-corrected chi connectivity index (χ2v) is 4.49. The fourth-order valence-corrected chi connectivity index (χ4v) is 2.16. The lowest BCUT2D eigenvalue weighted by Gasteiger charge is -2.26. The molecule has 1 atom stereocenters. The van der Waals surface area contributed by atoms with Crippen LogP contribution < -0.4 is 0 Å². The first-order valence-electron chi connectivity index (χ1n) is 6.19. The van der Waals surface area contributed by atoms with E-state index in [2.05, 4.69) is 36.5 Å². The summed E-state index contributed by atoms with van der Waals surface area (Å²) >= 11 is 0. The summed E-state index contributed by atoms with van der Waals surface area (Å²) in [6.07, 6.45) is 4.66. The van der Waals surface area contributed by atoms with Gasteiger partial charge in [0, 0.05) is 19.2 Å². The zero-order valence-electron chi connectivity index (χ0n) is 10.7. The molecule has 1 aliphatic rings. The predicted octanol–water partition coefficient (Wildman–Crippen LogP) is 3.44. The van der Waals surface area contributed by atoms with Crippen LogP contribution in [0.5, 0.6) is 0 Å². The molecule has 1 aliphatic heterocycles. The second-order valence-electron chi connectivity index (χ2n) is 4.49. The van der Waals surface area contributed by atoms with E-state index >= 15 is 0 Å². The number of rotatable bonds is 1. The van der Waals surface area contributed by atoms with Gasteiger partial charge in [0.2, 0.25) is 0 Å². The molecule has 15 heavy (non-hydrogen) atoms. The van der Waals surface area contributed by atoms with E-state index in [0.29, 0.717) is 0 Å². The van der Waals surface area contributed by atoms with Crippen molar-refractivity contribution in [3.8, 4) is 0 Å². The van der Waals surface area contributed by atoms with Crippen LogP contribution in [0, 0.1) is 18.8 Å². The molecule has 0 radical (unpaired) electrons. The summed E-state index contributed by atoms with van der Waals surface area (Å²) in [5, 5.41) is 0. The first-order valence-corrected chi connectivity index (χ1v) is 6.19. The number of aryl methyl sites for hydroxylation is 2. The molecule has 0 saturated heterocycles. The molecule has 0 fully saturated rings. The minimum atomic E-state index is 0.797. The molecule has 0 spiro atoms. The maximum atomic E-state index is 4.55. The molecule has 1 aromatic rings. The van der Waals surface area contributed by atoms with Gasteiger partial charge in [0.1, 0.15) is 5.82 Å². The predicted molar refractivity (Wildman–Crippen MR) is 65.0 cm³/mol. The first-order chi connectivity index (χ1) is 7.16. The number of fused-ring (bicyclic) bond motifs is 1. The van der Waals surface area contributed by atoms with Gasteiger partial charge in [-0.05, 0) is 25.2 Å². The number of aromatic nitrogens is 2. The van der Waals surface area contributed by atoms with Crippen LogP contribution in [0.25, 0.3) is 0 Å². The molecule has 2 nitrogen and oxygen atoms in total. The molecule has 0 bridgehead atoms. The van der Waals surface area contributed by atoms with Gasteiger partial charge in [-0.3, -0.25) is 0 Å². The van der Waals surface area contributed by atoms with Gasteiger partial charge in [-0.15, -0.1) is 0 Å². The topological polar surface area (TPSA) is 17.8 Å². The highest BCUT2D eigenvalue weighted by Crippen LogP contribution is 2.25. The third-order valence-electron chi connectivity index (χ3n) is 3.11. The standard InChI is InChI=1S/C11H18N2.C2H6/c1-8(2)10-4-5-13-7-9(3)12-11(13)6-10;1-2/h7-8,10H,4-6H2,1-3H3;1-2H3. The number of imidazole rings is 1. The van der Waals surface area contributed by atoms with Crippen LogP contribution in [0.4, 0.5) is 0 Å². The summed E-state index contributed by atoms with van der Waals surface area (Å²) in [4.78, 5) is 4.55. The minimum absolute atomic E-state index is 0.797. The summed E-state index contributed by atoms with van der Waals surface area (Å²) in [6, 6.07) is 0. The molecule has 86 valence electrons. The highest BCUT2D eigenvalue weighted by molar-refractivity contribution is 5.05. The Morgan fingerprint density at radius 2 is 2.07 bits per heavy atom. The molecule has 0 amide bonds. The number of hydrogen-bond acceptors (Lipinski definition) is 1. The summed E-state index contributed by atoms with van der Waals surface area (Å²) in [6.45, 7) is 11.9. The average molecular weight is 208 g/mol. The average Bonchev–Trinajstić information content (AvgIpc) is 2.59. The molecule has 0 N–H and O–H groups in total. The summed E-state index contributed by atoms with van der Waals surface area (Å²) < 4.78 is 2.31. The fraction of sp³-hybridized carbons (Fsp3) is 0.769. The van der Waals surface area contributed by atoms with Gasteiger partial charge < -0.3 is 4.57 Å². The Hall–Kier alpha value is -0.790. The lowest BCUT2D eigenvalue weighted by atomic mass is 9.87. The molecular weight excluding hydrogens is 184 g/mol. The zero-order valence-corrected chi connectivity index (χ0v) is 10.7. The Labute approximate surface area is 93.7 Å². The van der Waals surface area contributed by atoms with Crippen molar-refractivity contribution in [3.63, 3.8) is 0 Å². The Kier molecular flexibility index (Phi) is 4.37. The summed E-state index contributed by atoms with van der Waals surface area (Å²) in [5.41, 5.74) is 1.17. The maximum absolute atomic E-state index is 4.55. The molecule has 2 heterocycles. The maximum Gasteiger partial charge on any atom is 0.109 e. The zero-order chi connectivity index (χ0) is 11.4. The Morgan fingerprint density at radius 3 is 2.67 bits per heavy atom. The van der Waals surface area contributed by atoms with Gasteiger partial charge >= 0.3 is 0 Å². The minimum Gasteiger partial charge on any atom is -0.335 e. The van der Waals surface area contributed by atoms with E-state index in [1.165, 1.54) is 30.9 Å². The van der Waals surface area contributed by atoms with E-state index in [1.54, 1.807) is 0 Å². The first kappa shape index (κ1) is 12.3. The van der Waals surface area contributed by atoms with E-state index in [-0.39, 0.29) is 0 Å². The Morgan fingerprint density at radius 1 is 1.40 bits per heavy atom. The van der Waals surface area contributed by atoms with Gasteiger partial charge in [-0.2, -0.15) is 0 Å². The van der Waals surface area contributed by atoms with Crippen LogP contribution in [0.1, 0.15) is 45.6 Å². The molecule has 0 aromatic carbocycles. The van der Waals surface area contributed by atoms with E-state index in [1.807, 2.05) is 13.8 Å². The van der Waals surface area contributed by atoms with Crippen molar-refractivity contribution in [2.45, 2.75) is 54.0 Å². The number of nitrogens with zero attached hydrogens (tertiary/aromatic N) is 2. The second kappa shape index (κ2) is 5.34. The molecule has 0 saturated carbocycles.